The molecular weight excluding hydrogens is 303 g/mol. The van der Waals surface area contributed by atoms with Crippen LogP contribution in [0.4, 0.5) is 19.0 Å². The molecular formula is C14H21ClF3N3. The highest BCUT2D eigenvalue weighted by Crippen LogP contribution is 2.22. The molecule has 1 aromatic rings. The second-order valence-electron chi connectivity index (χ2n) is 4.88. The van der Waals surface area contributed by atoms with Crippen LogP contribution in [0.25, 0.3) is 0 Å². The van der Waals surface area contributed by atoms with Crippen LogP contribution in [0.2, 0.25) is 5.02 Å². The van der Waals surface area contributed by atoms with Crippen molar-refractivity contribution in [1.29, 1.82) is 0 Å². The molecule has 0 saturated carbocycles. The summed E-state index contributed by atoms with van der Waals surface area (Å²) in [5, 5.41) is 3.49. The second-order valence-corrected chi connectivity index (χ2v) is 5.28. The second kappa shape index (κ2) is 8.44. The molecule has 1 N–H and O–H groups in total. The zero-order valence-corrected chi connectivity index (χ0v) is 13.1. The number of aromatic nitrogens is 1. The van der Waals surface area contributed by atoms with Crippen LogP contribution in [0, 0.1) is 0 Å². The number of anilines is 1. The molecule has 0 fully saturated rings. The maximum atomic E-state index is 12.6. The van der Waals surface area contributed by atoms with Crippen LogP contribution in [0.15, 0.2) is 12.1 Å². The number of nitrogens with zero attached hydrogens (tertiary/aromatic N) is 2. The molecule has 1 rings (SSSR count). The molecule has 0 unspecified atom stereocenters. The van der Waals surface area contributed by atoms with Gasteiger partial charge in [0.1, 0.15) is 5.82 Å². The monoisotopic (exact) mass is 323 g/mol. The van der Waals surface area contributed by atoms with E-state index in [2.05, 4.69) is 10.3 Å². The Labute approximate surface area is 128 Å². The van der Waals surface area contributed by atoms with E-state index in [-0.39, 0.29) is 6.54 Å². The predicted octanol–water partition coefficient (Wildman–Crippen LogP) is 4.33. The van der Waals surface area contributed by atoms with Crippen LogP contribution in [0.1, 0.15) is 32.4 Å². The Morgan fingerprint density at radius 1 is 1.24 bits per heavy atom. The average molecular weight is 324 g/mol. The summed E-state index contributed by atoms with van der Waals surface area (Å²) in [7, 11) is 0. The standard InChI is InChI=1S/C14H21ClF3N3/c1-3-7-19-13-6-5-11(15)12(20-13)9-21(8-4-2)10-14(16,17)18/h5-6H,3-4,7-10H2,1-2H3,(H,19,20). The zero-order valence-electron chi connectivity index (χ0n) is 12.3. The van der Waals surface area contributed by atoms with E-state index in [0.717, 1.165) is 13.0 Å². The fraction of sp³-hybridized carbons (Fsp3) is 0.643. The first-order valence-electron chi connectivity index (χ1n) is 7.04. The van der Waals surface area contributed by atoms with Crippen molar-refractivity contribution in [2.24, 2.45) is 0 Å². The van der Waals surface area contributed by atoms with Gasteiger partial charge in [-0.15, -0.1) is 0 Å². The number of hydrogen-bond acceptors (Lipinski definition) is 3. The lowest BCUT2D eigenvalue weighted by molar-refractivity contribution is -0.147. The van der Waals surface area contributed by atoms with Crippen LogP contribution in [-0.2, 0) is 6.54 Å². The molecule has 1 heterocycles. The maximum absolute atomic E-state index is 12.6. The Morgan fingerprint density at radius 3 is 2.52 bits per heavy atom. The molecule has 0 spiro atoms. The quantitative estimate of drug-likeness (QED) is 0.771. The molecule has 0 bridgehead atoms. The molecule has 1 aromatic heterocycles. The van der Waals surface area contributed by atoms with Gasteiger partial charge in [0, 0.05) is 13.1 Å². The van der Waals surface area contributed by atoms with Gasteiger partial charge in [0.25, 0.3) is 0 Å². The summed E-state index contributed by atoms with van der Waals surface area (Å²) in [6, 6.07) is 3.40. The van der Waals surface area contributed by atoms with Crippen molar-refractivity contribution in [3.8, 4) is 0 Å². The van der Waals surface area contributed by atoms with Crippen LogP contribution < -0.4 is 5.32 Å². The first-order chi connectivity index (χ1) is 9.85. The third-order valence-electron chi connectivity index (χ3n) is 2.79. The highest BCUT2D eigenvalue weighted by atomic mass is 35.5. The van der Waals surface area contributed by atoms with Crippen LogP contribution in [-0.4, -0.2) is 35.7 Å². The molecule has 0 amide bonds. The Hall–Kier alpha value is -1.01. The van der Waals surface area contributed by atoms with Crippen LogP contribution in [0.3, 0.4) is 0 Å². The number of pyridine rings is 1. The average Bonchev–Trinajstić information content (AvgIpc) is 2.38. The van der Waals surface area contributed by atoms with Gasteiger partial charge in [-0.1, -0.05) is 25.4 Å². The van der Waals surface area contributed by atoms with E-state index in [1.807, 2.05) is 13.8 Å². The lowest BCUT2D eigenvalue weighted by Crippen LogP contribution is -2.34. The van der Waals surface area contributed by atoms with Crippen molar-refractivity contribution in [3.63, 3.8) is 0 Å². The molecule has 0 aliphatic heterocycles. The summed E-state index contributed by atoms with van der Waals surface area (Å²) in [5.74, 6) is 0.639. The van der Waals surface area contributed by atoms with E-state index in [1.54, 1.807) is 12.1 Å². The van der Waals surface area contributed by atoms with E-state index in [9.17, 15) is 13.2 Å². The van der Waals surface area contributed by atoms with Crippen molar-refractivity contribution in [3.05, 3.63) is 22.8 Å². The van der Waals surface area contributed by atoms with Gasteiger partial charge in [0.2, 0.25) is 0 Å². The Kier molecular flexibility index (Phi) is 7.25. The number of halogens is 4. The number of rotatable bonds is 8. The Bertz CT molecular complexity index is 438. The summed E-state index contributed by atoms with van der Waals surface area (Å²) in [5.41, 5.74) is 0.468. The van der Waals surface area contributed by atoms with Crippen LogP contribution >= 0.6 is 11.6 Å². The molecule has 0 atom stereocenters. The minimum atomic E-state index is -4.22. The van der Waals surface area contributed by atoms with Gasteiger partial charge in [-0.3, -0.25) is 4.90 Å². The number of hydrogen-bond donors (Lipinski definition) is 1. The van der Waals surface area contributed by atoms with E-state index < -0.39 is 12.7 Å². The lowest BCUT2D eigenvalue weighted by atomic mass is 10.3. The van der Waals surface area contributed by atoms with Crippen molar-refractivity contribution in [1.82, 2.24) is 9.88 Å². The van der Waals surface area contributed by atoms with E-state index in [0.29, 0.717) is 29.5 Å². The lowest BCUT2D eigenvalue weighted by Gasteiger charge is -2.23. The highest BCUT2D eigenvalue weighted by molar-refractivity contribution is 6.31. The van der Waals surface area contributed by atoms with Gasteiger partial charge in [-0.05, 0) is 31.5 Å². The first kappa shape index (κ1) is 18.0. The third-order valence-corrected chi connectivity index (χ3v) is 3.13. The van der Waals surface area contributed by atoms with Gasteiger partial charge >= 0.3 is 6.18 Å². The molecule has 120 valence electrons. The van der Waals surface area contributed by atoms with E-state index >= 15 is 0 Å². The molecule has 0 saturated heterocycles. The summed E-state index contributed by atoms with van der Waals surface area (Å²) < 4.78 is 37.7. The summed E-state index contributed by atoms with van der Waals surface area (Å²) in [4.78, 5) is 5.63. The van der Waals surface area contributed by atoms with E-state index in [1.165, 1.54) is 4.90 Å². The maximum Gasteiger partial charge on any atom is 0.401 e. The summed E-state index contributed by atoms with van der Waals surface area (Å²) in [6.45, 7) is 4.12. The molecule has 0 aliphatic carbocycles. The van der Waals surface area contributed by atoms with Gasteiger partial charge in [-0.25, -0.2) is 4.98 Å². The van der Waals surface area contributed by atoms with Crippen molar-refractivity contribution in [2.75, 3.05) is 25.0 Å². The normalized spacial score (nSPS) is 12.0. The number of alkyl halides is 3. The summed E-state index contributed by atoms with van der Waals surface area (Å²) >= 11 is 6.05. The fourth-order valence-electron chi connectivity index (χ4n) is 1.94. The smallest absolute Gasteiger partial charge is 0.370 e. The molecule has 0 radical (unpaired) electrons. The van der Waals surface area contributed by atoms with Gasteiger partial charge < -0.3 is 5.32 Å². The SMILES string of the molecule is CCCNc1ccc(Cl)c(CN(CCC)CC(F)(F)F)n1. The van der Waals surface area contributed by atoms with Crippen molar-refractivity contribution < 1.29 is 13.2 Å². The van der Waals surface area contributed by atoms with Crippen molar-refractivity contribution >= 4 is 17.4 Å². The molecule has 0 aliphatic rings. The van der Waals surface area contributed by atoms with E-state index in [4.69, 9.17) is 11.6 Å². The molecule has 3 nitrogen and oxygen atoms in total. The topological polar surface area (TPSA) is 28.2 Å². The minimum Gasteiger partial charge on any atom is -0.370 e. The third kappa shape index (κ3) is 7.00. The zero-order chi connectivity index (χ0) is 15.9. The summed E-state index contributed by atoms with van der Waals surface area (Å²) in [6.07, 6.45) is -2.64. The van der Waals surface area contributed by atoms with Gasteiger partial charge in [0.05, 0.1) is 17.3 Å². The molecule has 7 heteroatoms. The minimum absolute atomic E-state index is 0.0911. The predicted molar refractivity (Wildman–Crippen MR) is 79.7 cm³/mol. The fourth-order valence-corrected chi connectivity index (χ4v) is 2.11. The highest BCUT2D eigenvalue weighted by Gasteiger charge is 2.30. The first-order valence-corrected chi connectivity index (χ1v) is 7.42. The largest absolute Gasteiger partial charge is 0.401 e. The Morgan fingerprint density at radius 2 is 1.95 bits per heavy atom. The van der Waals surface area contributed by atoms with Gasteiger partial charge in [-0.2, -0.15) is 13.2 Å². The Balaban J connectivity index is 2.81. The number of nitrogens with one attached hydrogen (secondary N) is 1. The van der Waals surface area contributed by atoms with Crippen LogP contribution in [0.5, 0.6) is 0 Å². The molecule has 21 heavy (non-hydrogen) atoms. The molecule has 0 aromatic carbocycles. The van der Waals surface area contributed by atoms with Crippen molar-refractivity contribution in [2.45, 2.75) is 39.4 Å². The van der Waals surface area contributed by atoms with Gasteiger partial charge in [0.15, 0.2) is 0 Å².